The number of allylic oxidation sites excluding steroid dienone is 10. The Kier molecular flexibility index (Phi) is 36.5. The van der Waals surface area contributed by atoms with E-state index in [0.29, 0.717) is 12.8 Å². The highest BCUT2D eigenvalue weighted by Gasteiger charge is 2.44. The third-order valence-electron chi connectivity index (χ3n) is 10.4. The first-order chi connectivity index (χ1) is 28.8. The largest absolute Gasteiger partial charge is 0.462 e. The van der Waals surface area contributed by atoms with Crippen LogP contribution < -0.4 is 0 Å². The molecule has 1 heterocycles. The standard InChI is InChI=1S/C49H84O10/c1-3-5-7-9-11-13-15-17-19-21-23-25-27-29-31-33-35-37-44(51)56-40-42(41-57-49-48(55)47(54)46(53)43(39-50)59-49)58-45(52)38-36-34-32-30-28-26-24-22-20-18-16-14-12-10-8-6-4-2/h11-14,17-20,23,25,42-43,46-50,53-55H,3-10,15-16,21-22,24,26-41H2,1-2H3/b13-11+,14-12+,19-17+,20-18+,25-23+/t42-,43-,46+,47?,48?,49-/m0/s1. The van der Waals surface area contributed by atoms with Gasteiger partial charge in [0.05, 0.1) is 13.2 Å². The van der Waals surface area contributed by atoms with E-state index in [4.69, 9.17) is 18.9 Å². The molecule has 10 nitrogen and oxygen atoms in total. The second-order valence-electron chi connectivity index (χ2n) is 15.8. The van der Waals surface area contributed by atoms with Crippen LogP contribution in [0.2, 0.25) is 0 Å². The second-order valence-corrected chi connectivity index (χ2v) is 15.8. The number of aliphatic hydroxyl groups excluding tert-OH is 4. The van der Waals surface area contributed by atoms with Crippen molar-refractivity contribution in [3.63, 3.8) is 0 Å². The summed E-state index contributed by atoms with van der Waals surface area (Å²) in [5.74, 6) is -0.843. The Bertz CT molecular complexity index is 1150. The van der Waals surface area contributed by atoms with Gasteiger partial charge in [0.15, 0.2) is 12.4 Å². The SMILES string of the molecule is CCCCC/C=C/C/C=C/C/C=C/CCCCCCC(=O)OC[C@@H](CO[C@H]1O[C@@H](CO)[C@@H](O)C(O)C1O)OC(=O)CCCCCCCCC/C=C/C/C=C/CCCCC. The fourth-order valence-electron chi connectivity index (χ4n) is 6.64. The molecular weight excluding hydrogens is 749 g/mol. The Labute approximate surface area is 358 Å². The number of hydrogen-bond donors (Lipinski definition) is 4. The molecule has 0 bridgehead atoms. The van der Waals surface area contributed by atoms with Crippen molar-refractivity contribution >= 4 is 11.9 Å². The van der Waals surface area contributed by atoms with E-state index in [-0.39, 0.29) is 26.1 Å². The minimum Gasteiger partial charge on any atom is -0.462 e. The molecule has 1 aliphatic rings. The van der Waals surface area contributed by atoms with Crippen molar-refractivity contribution in [3.8, 4) is 0 Å². The summed E-state index contributed by atoms with van der Waals surface area (Å²) in [4.78, 5) is 25.4. The summed E-state index contributed by atoms with van der Waals surface area (Å²) < 4.78 is 22.2. The Balaban J connectivity index is 2.34. The van der Waals surface area contributed by atoms with Crippen LogP contribution in [0.1, 0.15) is 181 Å². The zero-order valence-electron chi connectivity index (χ0n) is 37.0. The molecule has 10 heteroatoms. The molecule has 6 atom stereocenters. The van der Waals surface area contributed by atoms with Crippen LogP contribution in [-0.2, 0) is 28.5 Å². The van der Waals surface area contributed by atoms with E-state index in [1.165, 1.54) is 70.6 Å². The van der Waals surface area contributed by atoms with Crippen molar-refractivity contribution < 1.29 is 49.0 Å². The molecule has 2 unspecified atom stereocenters. The molecule has 0 amide bonds. The third kappa shape index (κ3) is 31.0. The molecule has 0 saturated carbocycles. The number of esters is 2. The quantitative estimate of drug-likeness (QED) is 0.0269. The number of aliphatic hydroxyl groups is 4. The zero-order chi connectivity index (χ0) is 43.0. The maximum atomic E-state index is 12.8. The van der Waals surface area contributed by atoms with Crippen molar-refractivity contribution in [2.75, 3.05) is 19.8 Å². The molecule has 0 aromatic carbocycles. The van der Waals surface area contributed by atoms with Crippen LogP contribution in [-0.4, -0.2) is 89.0 Å². The van der Waals surface area contributed by atoms with Crippen molar-refractivity contribution in [1.29, 1.82) is 0 Å². The van der Waals surface area contributed by atoms with E-state index in [2.05, 4.69) is 74.6 Å². The molecule has 0 aliphatic carbocycles. The summed E-state index contributed by atoms with van der Waals surface area (Å²) in [6, 6.07) is 0. The summed E-state index contributed by atoms with van der Waals surface area (Å²) in [6.45, 7) is 3.33. The minimum absolute atomic E-state index is 0.213. The van der Waals surface area contributed by atoms with E-state index in [0.717, 1.165) is 70.6 Å². The van der Waals surface area contributed by atoms with Crippen LogP contribution in [0.25, 0.3) is 0 Å². The molecule has 4 N–H and O–H groups in total. The molecular formula is C49H84O10. The van der Waals surface area contributed by atoms with Crippen LogP contribution in [0.3, 0.4) is 0 Å². The lowest BCUT2D eigenvalue weighted by Crippen LogP contribution is -2.59. The van der Waals surface area contributed by atoms with Gasteiger partial charge in [-0.2, -0.15) is 0 Å². The molecule has 0 aromatic rings. The van der Waals surface area contributed by atoms with Crippen LogP contribution in [0, 0.1) is 0 Å². The van der Waals surface area contributed by atoms with E-state index < -0.39 is 55.4 Å². The van der Waals surface area contributed by atoms with Crippen molar-refractivity contribution in [2.24, 2.45) is 0 Å². The van der Waals surface area contributed by atoms with Gasteiger partial charge in [0, 0.05) is 12.8 Å². The van der Waals surface area contributed by atoms with Crippen LogP contribution in [0.5, 0.6) is 0 Å². The summed E-state index contributed by atoms with van der Waals surface area (Å²) in [6.07, 6.45) is 40.7. The van der Waals surface area contributed by atoms with Gasteiger partial charge >= 0.3 is 11.9 Å². The average Bonchev–Trinajstić information content (AvgIpc) is 3.23. The van der Waals surface area contributed by atoms with Gasteiger partial charge in [-0.25, -0.2) is 0 Å². The first kappa shape index (κ1) is 54.4. The van der Waals surface area contributed by atoms with E-state index in [1.54, 1.807) is 0 Å². The lowest BCUT2D eigenvalue weighted by atomic mass is 9.99. The topological polar surface area (TPSA) is 152 Å². The molecule has 1 saturated heterocycles. The Hall–Kier alpha value is -2.60. The van der Waals surface area contributed by atoms with Gasteiger partial charge in [-0.1, -0.05) is 145 Å². The molecule has 59 heavy (non-hydrogen) atoms. The Morgan fingerprint density at radius 2 is 0.949 bits per heavy atom. The van der Waals surface area contributed by atoms with Crippen molar-refractivity contribution in [2.45, 2.75) is 218 Å². The second kappa shape index (κ2) is 39.5. The number of ether oxygens (including phenoxy) is 4. The van der Waals surface area contributed by atoms with Gasteiger partial charge in [0.25, 0.3) is 0 Å². The smallest absolute Gasteiger partial charge is 0.306 e. The molecule has 1 fully saturated rings. The average molecular weight is 833 g/mol. The number of rotatable bonds is 38. The predicted octanol–water partition coefficient (Wildman–Crippen LogP) is 10.2. The first-order valence-electron chi connectivity index (χ1n) is 23.4. The maximum absolute atomic E-state index is 12.8. The van der Waals surface area contributed by atoms with Gasteiger partial charge in [0.1, 0.15) is 31.0 Å². The predicted molar refractivity (Wildman–Crippen MR) is 238 cm³/mol. The summed E-state index contributed by atoms with van der Waals surface area (Å²) in [5.41, 5.74) is 0. The van der Waals surface area contributed by atoms with Crippen molar-refractivity contribution in [3.05, 3.63) is 60.8 Å². The van der Waals surface area contributed by atoms with Crippen LogP contribution in [0.15, 0.2) is 60.8 Å². The summed E-state index contributed by atoms with van der Waals surface area (Å²) in [7, 11) is 0. The Morgan fingerprint density at radius 1 is 0.525 bits per heavy atom. The number of carbonyl (C=O) groups is 2. The highest BCUT2D eigenvalue weighted by atomic mass is 16.7. The zero-order valence-corrected chi connectivity index (χ0v) is 37.0. The maximum Gasteiger partial charge on any atom is 0.306 e. The number of carbonyl (C=O) groups excluding carboxylic acids is 2. The molecule has 0 radical (unpaired) electrons. The van der Waals surface area contributed by atoms with Gasteiger partial charge in [0.2, 0.25) is 0 Å². The molecule has 340 valence electrons. The van der Waals surface area contributed by atoms with Gasteiger partial charge in [-0.05, 0) is 83.5 Å². The molecule has 0 aromatic heterocycles. The fourth-order valence-corrected chi connectivity index (χ4v) is 6.64. The number of unbranched alkanes of at least 4 members (excludes halogenated alkanes) is 17. The monoisotopic (exact) mass is 833 g/mol. The van der Waals surface area contributed by atoms with Crippen molar-refractivity contribution in [1.82, 2.24) is 0 Å². The van der Waals surface area contributed by atoms with E-state index in [1.807, 2.05) is 0 Å². The normalized spacial score (nSPS) is 20.5. The fraction of sp³-hybridized carbons (Fsp3) is 0.755. The van der Waals surface area contributed by atoms with Crippen LogP contribution >= 0.6 is 0 Å². The molecule has 1 rings (SSSR count). The van der Waals surface area contributed by atoms with E-state index >= 15 is 0 Å². The van der Waals surface area contributed by atoms with Gasteiger partial charge in [-0.15, -0.1) is 0 Å². The van der Waals surface area contributed by atoms with E-state index in [9.17, 15) is 30.0 Å². The molecule has 0 spiro atoms. The van der Waals surface area contributed by atoms with Gasteiger partial charge in [-0.3, -0.25) is 9.59 Å². The third-order valence-corrected chi connectivity index (χ3v) is 10.4. The highest BCUT2D eigenvalue weighted by molar-refractivity contribution is 5.70. The van der Waals surface area contributed by atoms with Gasteiger partial charge < -0.3 is 39.4 Å². The number of hydrogen-bond acceptors (Lipinski definition) is 10. The summed E-state index contributed by atoms with van der Waals surface area (Å²) in [5, 5.41) is 40.1. The first-order valence-corrected chi connectivity index (χ1v) is 23.4. The molecule has 1 aliphatic heterocycles. The van der Waals surface area contributed by atoms with Crippen LogP contribution in [0.4, 0.5) is 0 Å². The highest BCUT2D eigenvalue weighted by Crippen LogP contribution is 2.22. The summed E-state index contributed by atoms with van der Waals surface area (Å²) >= 11 is 0. The minimum atomic E-state index is -1.60. The lowest BCUT2D eigenvalue weighted by Gasteiger charge is -2.39. The Morgan fingerprint density at radius 3 is 1.42 bits per heavy atom. The lowest BCUT2D eigenvalue weighted by molar-refractivity contribution is -0.305.